The maximum absolute atomic E-state index is 12.1. The number of hydrogen-bond acceptors (Lipinski definition) is 2. The molecule has 1 aromatic rings. The van der Waals surface area contributed by atoms with E-state index in [9.17, 15) is 4.79 Å². The fourth-order valence-corrected chi connectivity index (χ4v) is 2.69. The lowest BCUT2D eigenvalue weighted by atomic mass is 9.85. The Kier molecular flexibility index (Phi) is 3.10. The van der Waals surface area contributed by atoms with Gasteiger partial charge in [0, 0.05) is 13.0 Å². The van der Waals surface area contributed by atoms with Crippen LogP contribution >= 0.6 is 0 Å². The van der Waals surface area contributed by atoms with Crippen molar-refractivity contribution in [3.05, 3.63) is 35.9 Å². The Balaban J connectivity index is 2.26. The van der Waals surface area contributed by atoms with Crippen LogP contribution in [0.3, 0.4) is 0 Å². The topological polar surface area (TPSA) is 20.3 Å². The predicted octanol–water partition coefficient (Wildman–Crippen LogP) is 2.28. The number of likely N-dealkylation sites (tertiary alicyclic amines) is 1. The highest BCUT2D eigenvalue weighted by Gasteiger charge is 2.44. The van der Waals surface area contributed by atoms with E-state index in [-0.39, 0.29) is 5.54 Å². The molecular weight excluding hydrogens is 198 g/mol. The van der Waals surface area contributed by atoms with E-state index in [1.54, 1.807) is 0 Å². The van der Waals surface area contributed by atoms with Crippen LogP contribution in [0.5, 0.6) is 0 Å². The molecule has 1 aromatic carbocycles. The molecular formula is C14H19NO. The average molecular weight is 217 g/mol. The van der Waals surface area contributed by atoms with Crippen LogP contribution in [-0.4, -0.2) is 29.8 Å². The molecule has 16 heavy (non-hydrogen) atoms. The van der Waals surface area contributed by atoms with Gasteiger partial charge in [-0.1, -0.05) is 37.3 Å². The average Bonchev–Trinajstić information content (AvgIpc) is 2.59. The third-order valence-corrected chi connectivity index (χ3v) is 3.85. The fraction of sp³-hybridized carbons (Fsp3) is 0.500. The molecule has 0 bridgehead atoms. The predicted molar refractivity (Wildman–Crippen MR) is 65.4 cm³/mol. The fourth-order valence-electron chi connectivity index (χ4n) is 2.69. The summed E-state index contributed by atoms with van der Waals surface area (Å²) >= 11 is 0. The van der Waals surface area contributed by atoms with Crippen LogP contribution in [0.15, 0.2) is 30.3 Å². The Morgan fingerprint density at radius 3 is 2.50 bits per heavy atom. The Morgan fingerprint density at radius 1 is 1.31 bits per heavy atom. The molecule has 86 valence electrons. The molecule has 0 amide bonds. The van der Waals surface area contributed by atoms with Crippen LogP contribution in [0, 0.1) is 0 Å². The van der Waals surface area contributed by atoms with Crippen LogP contribution in [-0.2, 0) is 11.2 Å². The quantitative estimate of drug-likeness (QED) is 0.774. The van der Waals surface area contributed by atoms with Gasteiger partial charge in [0.15, 0.2) is 5.78 Å². The van der Waals surface area contributed by atoms with Crippen molar-refractivity contribution in [1.29, 1.82) is 0 Å². The first-order valence-electron chi connectivity index (χ1n) is 5.97. The number of hydrogen-bond donors (Lipinski definition) is 0. The van der Waals surface area contributed by atoms with E-state index in [0.29, 0.717) is 12.2 Å². The summed E-state index contributed by atoms with van der Waals surface area (Å²) < 4.78 is 0. The molecule has 0 radical (unpaired) electrons. The van der Waals surface area contributed by atoms with E-state index in [1.807, 2.05) is 18.2 Å². The number of carbonyl (C=O) groups is 1. The molecule has 1 heterocycles. The summed E-state index contributed by atoms with van der Waals surface area (Å²) in [4.78, 5) is 14.3. The number of Topliss-reactive ketones (excluding diaryl/α,β-unsaturated/α-hetero) is 1. The second-order valence-corrected chi connectivity index (χ2v) is 4.64. The first-order valence-corrected chi connectivity index (χ1v) is 5.97. The Hall–Kier alpha value is -1.15. The van der Waals surface area contributed by atoms with Gasteiger partial charge in [-0.15, -0.1) is 0 Å². The van der Waals surface area contributed by atoms with Gasteiger partial charge in [-0.3, -0.25) is 9.69 Å². The van der Waals surface area contributed by atoms with E-state index in [1.165, 1.54) is 5.56 Å². The molecule has 1 unspecified atom stereocenters. The lowest BCUT2D eigenvalue weighted by Crippen LogP contribution is -2.47. The number of benzene rings is 1. The molecule has 0 spiro atoms. The standard InChI is InChI=1S/C14H19NO/c1-3-14(13(16)9-10-15(14)2)11-12-7-5-4-6-8-12/h4-8H,3,9-11H2,1-2H3. The first-order chi connectivity index (χ1) is 7.69. The van der Waals surface area contributed by atoms with Crippen LogP contribution in [0.2, 0.25) is 0 Å². The van der Waals surface area contributed by atoms with E-state index < -0.39 is 0 Å². The van der Waals surface area contributed by atoms with Crippen molar-refractivity contribution < 1.29 is 4.79 Å². The van der Waals surface area contributed by atoms with Gasteiger partial charge in [0.2, 0.25) is 0 Å². The maximum atomic E-state index is 12.1. The Morgan fingerprint density at radius 2 is 2.00 bits per heavy atom. The van der Waals surface area contributed by atoms with Crippen LogP contribution in [0.4, 0.5) is 0 Å². The van der Waals surface area contributed by atoms with Crippen molar-refractivity contribution in [1.82, 2.24) is 4.90 Å². The molecule has 1 aliphatic rings. The van der Waals surface area contributed by atoms with E-state index in [2.05, 4.69) is 31.0 Å². The molecule has 1 atom stereocenters. The summed E-state index contributed by atoms with van der Waals surface area (Å²) in [6.45, 7) is 3.02. The molecule has 2 heteroatoms. The highest BCUT2D eigenvalue weighted by atomic mass is 16.1. The van der Waals surface area contributed by atoms with Crippen molar-refractivity contribution in [2.45, 2.75) is 31.7 Å². The van der Waals surface area contributed by atoms with Crippen LogP contribution in [0.1, 0.15) is 25.3 Å². The van der Waals surface area contributed by atoms with E-state index in [4.69, 9.17) is 0 Å². The van der Waals surface area contributed by atoms with Gasteiger partial charge in [-0.25, -0.2) is 0 Å². The first kappa shape index (κ1) is 11.3. The zero-order chi connectivity index (χ0) is 11.6. The monoisotopic (exact) mass is 217 g/mol. The number of nitrogens with zero attached hydrogens (tertiary/aromatic N) is 1. The van der Waals surface area contributed by atoms with Crippen molar-refractivity contribution in [2.24, 2.45) is 0 Å². The molecule has 0 saturated carbocycles. The number of likely N-dealkylation sites (N-methyl/N-ethyl adjacent to an activating group) is 1. The van der Waals surface area contributed by atoms with Gasteiger partial charge >= 0.3 is 0 Å². The molecule has 0 aromatic heterocycles. The second-order valence-electron chi connectivity index (χ2n) is 4.64. The highest BCUT2D eigenvalue weighted by Crippen LogP contribution is 2.31. The molecule has 2 rings (SSSR count). The van der Waals surface area contributed by atoms with Gasteiger partial charge in [0.05, 0.1) is 5.54 Å². The minimum absolute atomic E-state index is 0.249. The van der Waals surface area contributed by atoms with Crippen molar-refractivity contribution in [3.8, 4) is 0 Å². The Labute approximate surface area is 97.3 Å². The molecule has 1 saturated heterocycles. The van der Waals surface area contributed by atoms with Gasteiger partial charge in [0.1, 0.15) is 0 Å². The van der Waals surface area contributed by atoms with Gasteiger partial charge in [-0.2, -0.15) is 0 Å². The minimum atomic E-state index is -0.249. The largest absolute Gasteiger partial charge is 0.298 e. The maximum Gasteiger partial charge on any atom is 0.154 e. The molecule has 0 aliphatic carbocycles. The number of rotatable bonds is 3. The summed E-state index contributed by atoms with van der Waals surface area (Å²) in [5, 5.41) is 0. The third-order valence-electron chi connectivity index (χ3n) is 3.85. The van der Waals surface area contributed by atoms with Crippen LogP contribution < -0.4 is 0 Å². The molecule has 1 fully saturated rings. The SMILES string of the molecule is CCC1(Cc2ccccc2)C(=O)CCN1C. The van der Waals surface area contributed by atoms with Crippen molar-refractivity contribution in [2.75, 3.05) is 13.6 Å². The summed E-state index contributed by atoms with van der Waals surface area (Å²) in [6, 6.07) is 10.3. The normalized spacial score (nSPS) is 26.2. The Bertz CT molecular complexity index is 374. The lowest BCUT2D eigenvalue weighted by Gasteiger charge is -2.33. The van der Waals surface area contributed by atoms with Gasteiger partial charge in [-0.05, 0) is 25.5 Å². The molecule has 1 aliphatic heterocycles. The zero-order valence-electron chi connectivity index (χ0n) is 10.1. The van der Waals surface area contributed by atoms with Crippen molar-refractivity contribution in [3.63, 3.8) is 0 Å². The van der Waals surface area contributed by atoms with E-state index >= 15 is 0 Å². The van der Waals surface area contributed by atoms with E-state index in [0.717, 1.165) is 19.4 Å². The number of ketones is 1. The summed E-state index contributed by atoms with van der Waals surface area (Å²) in [7, 11) is 2.07. The summed E-state index contributed by atoms with van der Waals surface area (Å²) in [5.74, 6) is 0.404. The summed E-state index contributed by atoms with van der Waals surface area (Å²) in [5.41, 5.74) is 1.01. The smallest absolute Gasteiger partial charge is 0.154 e. The summed E-state index contributed by atoms with van der Waals surface area (Å²) in [6.07, 6.45) is 2.45. The number of carbonyl (C=O) groups excluding carboxylic acids is 1. The third kappa shape index (κ3) is 1.78. The van der Waals surface area contributed by atoms with Gasteiger partial charge in [0.25, 0.3) is 0 Å². The van der Waals surface area contributed by atoms with Crippen LogP contribution in [0.25, 0.3) is 0 Å². The lowest BCUT2D eigenvalue weighted by molar-refractivity contribution is -0.124. The molecule has 0 N–H and O–H groups in total. The van der Waals surface area contributed by atoms with Crippen molar-refractivity contribution >= 4 is 5.78 Å². The highest BCUT2D eigenvalue weighted by molar-refractivity contribution is 5.90. The van der Waals surface area contributed by atoms with Gasteiger partial charge < -0.3 is 0 Å². The molecule has 2 nitrogen and oxygen atoms in total. The minimum Gasteiger partial charge on any atom is -0.298 e. The second kappa shape index (κ2) is 4.38. The zero-order valence-corrected chi connectivity index (χ0v) is 10.1.